The maximum absolute atomic E-state index is 2.44. The summed E-state index contributed by atoms with van der Waals surface area (Å²) >= 11 is 0. The Balaban J connectivity index is 1.45. The molecule has 0 saturated heterocycles. The Morgan fingerprint density at radius 1 is 0.348 bits per heavy atom. The SMILES string of the molecule is CCCCCCc1ccc(-c2c3cc4ccccc4cc3c(-c3ccc(CCCCCC)cc3)c3cc4ccccc4cc23)cc1. The molecule has 46 heavy (non-hydrogen) atoms. The third-order valence-corrected chi connectivity index (χ3v) is 9.97. The summed E-state index contributed by atoms with van der Waals surface area (Å²) in [5.41, 5.74) is 8.16. The molecule has 0 aliphatic carbocycles. The van der Waals surface area contributed by atoms with E-state index in [-0.39, 0.29) is 0 Å². The number of aryl methyl sites for hydroxylation is 2. The van der Waals surface area contributed by atoms with E-state index in [0.29, 0.717) is 0 Å². The molecule has 0 nitrogen and oxygen atoms in total. The van der Waals surface area contributed by atoms with Crippen LogP contribution in [-0.2, 0) is 12.8 Å². The van der Waals surface area contributed by atoms with Gasteiger partial charge in [0.25, 0.3) is 0 Å². The molecule has 7 aromatic carbocycles. The van der Waals surface area contributed by atoms with Crippen LogP contribution in [0.5, 0.6) is 0 Å². The molecule has 0 aliphatic heterocycles. The number of benzene rings is 7. The second-order valence-corrected chi connectivity index (χ2v) is 13.3. The third kappa shape index (κ3) is 6.19. The number of hydrogen-bond acceptors (Lipinski definition) is 0. The number of fused-ring (bicyclic) bond motifs is 4. The third-order valence-electron chi connectivity index (χ3n) is 9.97. The highest BCUT2D eigenvalue weighted by Crippen LogP contribution is 2.46. The first-order valence-corrected chi connectivity index (χ1v) is 17.7. The average molecular weight is 599 g/mol. The highest BCUT2D eigenvalue weighted by atomic mass is 14.2. The number of rotatable bonds is 12. The van der Waals surface area contributed by atoms with Crippen LogP contribution in [0.2, 0.25) is 0 Å². The fourth-order valence-electron chi connectivity index (χ4n) is 7.41. The van der Waals surface area contributed by atoms with Crippen LogP contribution in [0.4, 0.5) is 0 Å². The molecule has 0 bridgehead atoms. The fourth-order valence-corrected chi connectivity index (χ4v) is 7.41. The predicted octanol–water partition coefficient (Wildman–Crippen LogP) is 13.9. The zero-order chi connectivity index (χ0) is 31.3. The van der Waals surface area contributed by atoms with Gasteiger partial charge in [-0.2, -0.15) is 0 Å². The van der Waals surface area contributed by atoms with Crippen LogP contribution in [0.25, 0.3) is 65.3 Å². The van der Waals surface area contributed by atoms with Crippen molar-refractivity contribution in [3.8, 4) is 22.3 Å². The van der Waals surface area contributed by atoms with E-state index in [2.05, 4.69) is 135 Å². The highest BCUT2D eigenvalue weighted by molar-refractivity contribution is 6.25. The van der Waals surface area contributed by atoms with Gasteiger partial charge in [-0.3, -0.25) is 0 Å². The van der Waals surface area contributed by atoms with Crippen LogP contribution in [0.1, 0.15) is 76.3 Å². The molecule has 0 aromatic heterocycles. The summed E-state index contributed by atoms with van der Waals surface area (Å²) < 4.78 is 0. The zero-order valence-electron chi connectivity index (χ0n) is 27.6. The molecule has 0 aliphatic rings. The molecule has 0 N–H and O–H groups in total. The van der Waals surface area contributed by atoms with Gasteiger partial charge in [0, 0.05) is 0 Å². The van der Waals surface area contributed by atoms with Crippen molar-refractivity contribution in [2.24, 2.45) is 0 Å². The van der Waals surface area contributed by atoms with Gasteiger partial charge in [0.2, 0.25) is 0 Å². The predicted molar refractivity (Wildman–Crippen MR) is 203 cm³/mol. The first kappa shape index (κ1) is 30.2. The molecule has 0 fully saturated rings. The van der Waals surface area contributed by atoms with Crippen molar-refractivity contribution in [1.29, 1.82) is 0 Å². The summed E-state index contributed by atoms with van der Waals surface area (Å²) in [6, 6.07) is 46.4. The van der Waals surface area contributed by atoms with Crippen molar-refractivity contribution in [2.75, 3.05) is 0 Å². The van der Waals surface area contributed by atoms with Crippen LogP contribution in [0.15, 0.2) is 121 Å². The van der Waals surface area contributed by atoms with Crippen LogP contribution < -0.4 is 0 Å². The minimum atomic E-state index is 1.16. The largest absolute Gasteiger partial charge is 0.0654 e. The van der Waals surface area contributed by atoms with Crippen LogP contribution in [-0.4, -0.2) is 0 Å². The topological polar surface area (TPSA) is 0 Å². The Morgan fingerprint density at radius 3 is 0.978 bits per heavy atom. The van der Waals surface area contributed by atoms with Crippen LogP contribution >= 0.6 is 0 Å². The van der Waals surface area contributed by atoms with Crippen molar-refractivity contribution >= 4 is 43.1 Å². The van der Waals surface area contributed by atoms with E-state index in [1.165, 1.54) is 128 Å². The highest BCUT2D eigenvalue weighted by Gasteiger charge is 2.18. The van der Waals surface area contributed by atoms with Gasteiger partial charge in [-0.05, 0) is 126 Å². The van der Waals surface area contributed by atoms with E-state index in [4.69, 9.17) is 0 Å². The second-order valence-electron chi connectivity index (χ2n) is 13.3. The van der Waals surface area contributed by atoms with Gasteiger partial charge in [-0.15, -0.1) is 0 Å². The lowest BCUT2D eigenvalue weighted by molar-refractivity contribution is 0.667. The zero-order valence-corrected chi connectivity index (χ0v) is 27.6. The van der Waals surface area contributed by atoms with Crippen LogP contribution in [0.3, 0.4) is 0 Å². The van der Waals surface area contributed by atoms with E-state index in [0.717, 1.165) is 12.8 Å². The van der Waals surface area contributed by atoms with E-state index in [1.54, 1.807) is 0 Å². The van der Waals surface area contributed by atoms with E-state index < -0.39 is 0 Å². The Morgan fingerprint density at radius 2 is 0.674 bits per heavy atom. The van der Waals surface area contributed by atoms with Gasteiger partial charge in [0.05, 0.1) is 0 Å². The maximum atomic E-state index is 2.44. The van der Waals surface area contributed by atoms with Gasteiger partial charge in [0.15, 0.2) is 0 Å². The van der Waals surface area contributed by atoms with Crippen molar-refractivity contribution < 1.29 is 0 Å². The minimum Gasteiger partial charge on any atom is -0.0654 e. The summed E-state index contributed by atoms with van der Waals surface area (Å²) in [6.45, 7) is 4.57. The molecule has 0 saturated carbocycles. The lowest BCUT2D eigenvalue weighted by Crippen LogP contribution is -1.93. The molecule has 0 radical (unpaired) electrons. The minimum absolute atomic E-state index is 1.16. The summed E-state index contributed by atoms with van der Waals surface area (Å²) in [6.07, 6.45) is 12.7. The molecule has 230 valence electrons. The van der Waals surface area contributed by atoms with Crippen LogP contribution in [0, 0.1) is 0 Å². The van der Waals surface area contributed by atoms with Crippen molar-refractivity contribution in [2.45, 2.75) is 78.1 Å². The Hall–Kier alpha value is -4.42. The lowest BCUT2D eigenvalue weighted by atomic mass is 9.83. The van der Waals surface area contributed by atoms with Gasteiger partial charge in [-0.1, -0.05) is 149 Å². The maximum Gasteiger partial charge on any atom is -0.00259 e. The van der Waals surface area contributed by atoms with Gasteiger partial charge >= 0.3 is 0 Å². The Labute approximate surface area is 275 Å². The number of unbranched alkanes of at least 4 members (excludes halogenated alkanes) is 6. The average Bonchev–Trinajstić information content (AvgIpc) is 3.10. The van der Waals surface area contributed by atoms with Gasteiger partial charge < -0.3 is 0 Å². The monoisotopic (exact) mass is 598 g/mol. The van der Waals surface area contributed by atoms with E-state index >= 15 is 0 Å². The van der Waals surface area contributed by atoms with E-state index in [1.807, 2.05) is 0 Å². The lowest BCUT2D eigenvalue weighted by Gasteiger charge is -2.20. The molecule has 0 amide bonds. The van der Waals surface area contributed by atoms with Gasteiger partial charge in [-0.25, -0.2) is 0 Å². The molecule has 7 rings (SSSR count). The second kappa shape index (κ2) is 13.9. The molecule has 0 unspecified atom stereocenters. The molecule has 0 atom stereocenters. The quantitative estimate of drug-likeness (QED) is 0.0969. The fraction of sp³-hybridized carbons (Fsp3) is 0.261. The summed E-state index contributed by atoms with van der Waals surface area (Å²) in [5, 5.41) is 10.5. The summed E-state index contributed by atoms with van der Waals surface area (Å²) in [5.74, 6) is 0. The van der Waals surface area contributed by atoms with Crippen molar-refractivity contribution in [1.82, 2.24) is 0 Å². The summed E-state index contributed by atoms with van der Waals surface area (Å²) in [4.78, 5) is 0. The molecule has 7 aromatic rings. The first-order valence-electron chi connectivity index (χ1n) is 17.7. The number of hydrogen-bond donors (Lipinski definition) is 0. The van der Waals surface area contributed by atoms with Crippen molar-refractivity contribution in [3.63, 3.8) is 0 Å². The summed E-state index contributed by atoms with van der Waals surface area (Å²) in [7, 11) is 0. The van der Waals surface area contributed by atoms with Gasteiger partial charge in [0.1, 0.15) is 0 Å². The normalized spacial score (nSPS) is 11.7. The smallest absolute Gasteiger partial charge is 0.00259 e. The van der Waals surface area contributed by atoms with Crippen molar-refractivity contribution in [3.05, 3.63) is 132 Å². The molecular weight excluding hydrogens is 553 g/mol. The molecular formula is C46H46. The first-order chi connectivity index (χ1) is 22.7. The molecule has 0 heteroatoms. The Kier molecular flexibility index (Phi) is 9.15. The standard InChI is InChI=1S/C46H46/c1-3-5-7-9-15-33-21-25-35(26-22-33)45-41-29-37-17-11-13-19-39(37)31-43(41)46(36-27-23-34(24-28-36)16-10-8-6-4-2)44-32-40-20-14-12-18-38(40)30-42(44)45/h11-14,17-32H,3-10,15-16H2,1-2H3. The molecule has 0 spiro atoms. The Bertz CT molecular complexity index is 1850. The van der Waals surface area contributed by atoms with E-state index in [9.17, 15) is 0 Å². The molecule has 0 heterocycles.